The van der Waals surface area contributed by atoms with Gasteiger partial charge in [0.2, 0.25) is 5.91 Å². The summed E-state index contributed by atoms with van der Waals surface area (Å²) in [5.74, 6) is 0.332. The van der Waals surface area contributed by atoms with Crippen LogP contribution in [-0.4, -0.2) is 97.3 Å². The van der Waals surface area contributed by atoms with E-state index in [-0.39, 0.29) is 36.1 Å². The molecule has 5 aromatic rings. The Balaban J connectivity index is 0.936. The maximum atomic E-state index is 13.8. The van der Waals surface area contributed by atoms with Crippen molar-refractivity contribution in [1.82, 2.24) is 40.0 Å². The van der Waals surface area contributed by atoms with Gasteiger partial charge in [-0.1, -0.05) is 62.4 Å². The number of imidazole rings is 2. The Labute approximate surface area is 335 Å². The second-order valence-corrected chi connectivity index (χ2v) is 15.8. The Morgan fingerprint density at radius 1 is 0.845 bits per heavy atom. The van der Waals surface area contributed by atoms with Gasteiger partial charge in [0.25, 0.3) is 0 Å². The smallest absolute Gasteiger partial charge is 0.407 e. The fraction of sp³-hybridized carbons (Fsp3) is 0.395. The van der Waals surface area contributed by atoms with Crippen LogP contribution in [0.5, 0.6) is 0 Å². The first kappa shape index (κ1) is 38.6. The van der Waals surface area contributed by atoms with E-state index in [1.54, 1.807) is 11.1 Å². The first-order valence-corrected chi connectivity index (χ1v) is 19.7. The number of hydrogen-bond acceptors (Lipinski definition) is 9. The number of ketones is 1. The number of alkyl carbamates (subject to hydrolysis) is 2. The van der Waals surface area contributed by atoms with E-state index in [4.69, 9.17) is 14.5 Å². The lowest BCUT2D eigenvalue weighted by Gasteiger charge is -2.31. The average Bonchev–Trinajstić information content (AvgIpc) is 4.05. The molecule has 2 aromatic carbocycles. The quantitative estimate of drug-likeness (QED) is 0.129. The van der Waals surface area contributed by atoms with Crippen LogP contribution in [0.3, 0.4) is 0 Å². The number of nitrogens with one attached hydrogen (secondary N) is 4. The van der Waals surface area contributed by atoms with E-state index in [2.05, 4.69) is 48.4 Å². The molecule has 1 unspecified atom stereocenters. The van der Waals surface area contributed by atoms with Crippen molar-refractivity contribution < 1.29 is 33.8 Å². The number of carbonyl (C=O) groups is 4. The number of benzene rings is 2. The van der Waals surface area contributed by atoms with E-state index < -0.39 is 36.3 Å². The summed E-state index contributed by atoms with van der Waals surface area (Å²) in [7, 11) is 2.59. The maximum absolute atomic E-state index is 13.8. The molecule has 15 nitrogen and oxygen atoms in total. The van der Waals surface area contributed by atoms with Crippen molar-refractivity contribution in [3.8, 4) is 33.6 Å². The first-order chi connectivity index (χ1) is 28.0. The predicted molar refractivity (Wildman–Crippen MR) is 213 cm³/mol. The number of aromatic amines is 2. The Bertz CT molecular complexity index is 2310. The van der Waals surface area contributed by atoms with E-state index >= 15 is 0 Å². The molecular weight excluding hydrogens is 741 g/mol. The second kappa shape index (κ2) is 16.0. The normalized spacial score (nSPS) is 21.9. The van der Waals surface area contributed by atoms with Crippen molar-refractivity contribution in [1.29, 1.82) is 0 Å². The molecule has 2 aliphatic heterocycles. The number of aliphatic hydroxyl groups excluding tert-OH is 1. The highest BCUT2D eigenvalue weighted by Crippen LogP contribution is 2.40. The van der Waals surface area contributed by atoms with Crippen LogP contribution >= 0.6 is 0 Å². The summed E-state index contributed by atoms with van der Waals surface area (Å²) in [6.07, 6.45) is 5.76. The lowest BCUT2D eigenvalue weighted by molar-refractivity contribution is -0.135. The number of ether oxygens (including phenoxy) is 2. The molecule has 0 bridgehead atoms. The van der Waals surface area contributed by atoms with Crippen LogP contribution in [0.15, 0.2) is 73.2 Å². The first-order valence-electron chi connectivity index (χ1n) is 19.7. The SMILES string of the molecule is COC(=O)N[C@H]1CCc2ccn3c2C1C(=O)C[C@H](c1ncc(-c2ccc(-c4ccc(-c5cnc([C@@H]6C[C@H](O)CN6C(=O)[C@@H](NC(=O)OC)C(C)C)[nH]5)cc4)cc2)[nH]1)C3. The van der Waals surface area contributed by atoms with Crippen molar-refractivity contribution in [3.63, 3.8) is 0 Å². The average molecular weight is 789 g/mol. The van der Waals surface area contributed by atoms with Crippen LogP contribution in [0, 0.1) is 5.92 Å². The number of carbonyl (C=O) groups excluding carboxylic acids is 4. The van der Waals surface area contributed by atoms with Gasteiger partial charge < -0.3 is 44.6 Å². The molecule has 6 atom stereocenters. The Hall–Kier alpha value is -6.22. The Morgan fingerprint density at radius 3 is 2.07 bits per heavy atom. The van der Waals surface area contributed by atoms with Crippen molar-refractivity contribution in [2.24, 2.45) is 5.92 Å². The minimum atomic E-state index is -0.810. The van der Waals surface area contributed by atoms with Gasteiger partial charge in [0.05, 0.1) is 56.1 Å². The Kier molecular flexibility index (Phi) is 10.6. The largest absolute Gasteiger partial charge is 0.453 e. The standard InChI is InChI=1S/C43H48N8O7/c1-23(2)37(49-43(56)58-4)41(54)51-22-30(52)18-34(51)40-45-20-33(47-40)27-11-7-25(8-12-27)24-5-9-26(10-6-24)32-19-44-39(46-32)29-17-35(53)36-31(48-42(55)57-3)14-13-28-15-16-50(21-29)38(28)36/h5-12,15-16,19-20,23,29-31,34,36-37,52H,13-14,17-18,21-22H2,1-4H3,(H,44,46)(H,45,47)(H,48,55)(H,49,56)/t29-,30-,31-,34-,36?,37-/m0/s1. The van der Waals surface area contributed by atoms with Gasteiger partial charge in [0, 0.05) is 49.8 Å². The number of aliphatic hydroxyl groups is 1. The van der Waals surface area contributed by atoms with Gasteiger partial charge in [-0.3, -0.25) is 9.59 Å². The molecule has 58 heavy (non-hydrogen) atoms. The third-order valence-electron chi connectivity index (χ3n) is 11.8. The molecule has 5 heterocycles. The maximum Gasteiger partial charge on any atom is 0.407 e. The van der Waals surface area contributed by atoms with Crippen LogP contribution in [0.2, 0.25) is 0 Å². The molecule has 1 aliphatic carbocycles. The lowest BCUT2D eigenvalue weighted by Crippen LogP contribution is -2.51. The molecule has 302 valence electrons. The fourth-order valence-electron chi connectivity index (χ4n) is 8.77. The number of amides is 3. The number of Topliss-reactive ketones (excluding diaryl/α,β-unsaturated/α-hetero) is 1. The summed E-state index contributed by atoms with van der Waals surface area (Å²) < 4.78 is 11.7. The molecular formula is C43H48N8O7. The van der Waals surface area contributed by atoms with Gasteiger partial charge in [-0.2, -0.15) is 0 Å². The van der Waals surface area contributed by atoms with Crippen LogP contribution in [0.25, 0.3) is 33.6 Å². The number of nitrogens with zero attached hydrogens (tertiary/aromatic N) is 4. The van der Waals surface area contributed by atoms with Gasteiger partial charge >= 0.3 is 12.2 Å². The highest BCUT2D eigenvalue weighted by molar-refractivity contribution is 5.89. The summed E-state index contributed by atoms with van der Waals surface area (Å²) in [5, 5.41) is 16.1. The summed E-state index contributed by atoms with van der Waals surface area (Å²) in [6, 6.07) is 16.8. The third-order valence-corrected chi connectivity index (χ3v) is 11.8. The molecule has 3 aromatic heterocycles. The summed E-state index contributed by atoms with van der Waals surface area (Å²) in [6.45, 7) is 4.43. The predicted octanol–water partition coefficient (Wildman–Crippen LogP) is 5.46. The number of rotatable bonds is 9. The molecule has 0 saturated carbocycles. The van der Waals surface area contributed by atoms with Crippen molar-refractivity contribution in [3.05, 3.63) is 96.1 Å². The van der Waals surface area contributed by atoms with Crippen molar-refractivity contribution >= 4 is 23.9 Å². The lowest BCUT2D eigenvalue weighted by atomic mass is 9.79. The number of H-pyrrole nitrogens is 2. The van der Waals surface area contributed by atoms with Gasteiger partial charge in [-0.15, -0.1) is 0 Å². The zero-order valence-corrected chi connectivity index (χ0v) is 32.9. The zero-order chi connectivity index (χ0) is 40.7. The highest BCUT2D eigenvalue weighted by Gasteiger charge is 2.43. The van der Waals surface area contributed by atoms with E-state index in [0.717, 1.165) is 57.1 Å². The number of aromatic nitrogens is 5. The molecule has 8 rings (SSSR count). The molecule has 3 aliphatic rings. The topological polar surface area (TPSA) is 197 Å². The van der Waals surface area contributed by atoms with Crippen LogP contribution in [0.1, 0.15) is 73.9 Å². The van der Waals surface area contributed by atoms with Gasteiger partial charge in [-0.05, 0) is 52.6 Å². The number of likely N-dealkylation sites (tertiary alicyclic amines) is 1. The van der Waals surface area contributed by atoms with E-state index in [1.807, 2.05) is 62.6 Å². The second-order valence-electron chi connectivity index (χ2n) is 15.8. The summed E-state index contributed by atoms with van der Waals surface area (Å²) in [4.78, 5) is 69.2. The van der Waals surface area contributed by atoms with Crippen molar-refractivity contribution in [2.75, 3.05) is 20.8 Å². The van der Waals surface area contributed by atoms with Crippen LogP contribution in [-0.2, 0) is 32.0 Å². The molecule has 5 N–H and O–H groups in total. The molecule has 1 fully saturated rings. The van der Waals surface area contributed by atoms with Gasteiger partial charge in [-0.25, -0.2) is 19.6 Å². The highest BCUT2D eigenvalue weighted by atomic mass is 16.5. The molecule has 0 radical (unpaired) electrons. The van der Waals surface area contributed by atoms with Crippen LogP contribution < -0.4 is 10.6 Å². The zero-order valence-electron chi connectivity index (χ0n) is 32.9. The minimum Gasteiger partial charge on any atom is -0.453 e. The number of hydrogen-bond donors (Lipinski definition) is 5. The summed E-state index contributed by atoms with van der Waals surface area (Å²) >= 11 is 0. The van der Waals surface area contributed by atoms with Gasteiger partial charge in [0.15, 0.2) is 0 Å². The summed E-state index contributed by atoms with van der Waals surface area (Å²) in [5.41, 5.74) is 7.72. The van der Waals surface area contributed by atoms with Gasteiger partial charge in [0.1, 0.15) is 23.5 Å². The van der Waals surface area contributed by atoms with Crippen molar-refractivity contribution in [2.45, 2.75) is 82.1 Å². The number of methoxy groups -OCH3 is 2. The molecule has 3 amide bonds. The molecule has 1 saturated heterocycles. The van der Waals surface area contributed by atoms with E-state index in [1.165, 1.54) is 14.2 Å². The minimum absolute atomic E-state index is 0.0875. The monoisotopic (exact) mass is 788 g/mol. The fourth-order valence-corrected chi connectivity index (χ4v) is 8.77. The molecule has 15 heteroatoms. The van der Waals surface area contributed by atoms with Crippen LogP contribution in [0.4, 0.5) is 9.59 Å². The Morgan fingerprint density at radius 2 is 1.45 bits per heavy atom. The number of β-amino-alcohol motifs (C(OH)–C–C–N with tert-alkyl or cyclic N) is 1. The van der Waals surface area contributed by atoms with E-state index in [9.17, 15) is 24.3 Å². The molecule has 0 spiro atoms. The number of aryl methyl sites for hydroxylation is 1. The third kappa shape index (κ3) is 7.49. The van der Waals surface area contributed by atoms with E-state index in [0.29, 0.717) is 31.6 Å².